The molecule has 6 heteroatoms. The first-order valence-electron chi connectivity index (χ1n) is 9.32. The van der Waals surface area contributed by atoms with Crippen LogP contribution in [0.1, 0.15) is 15.9 Å². The monoisotopic (exact) mass is 415 g/mol. The highest BCUT2D eigenvalue weighted by Crippen LogP contribution is 2.39. The molecule has 2 N–H and O–H groups in total. The second-order valence-electron chi connectivity index (χ2n) is 6.80. The highest BCUT2D eigenvalue weighted by molar-refractivity contribution is 6.31. The third-order valence-electron chi connectivity index (χ3n) is 4.69. The Morgan fingerprint density at radius 3 is 2.43 bits per heavy atom. The minimum absolute atomic E-state index is 0.119. The minimum atomic E-state index is -0.431. The number of benzene rings is 4. The number of hydrogen-bond donors (Lipinski definition) is 2. The number of phenols is 1. The summed E-state index contributed by atoms with van der Waals surface area (Å²) in [6.07, 6.45) is 0. The molecule has 0 saturated carbocycles. The van der Waals surface area contributed by atoms with Gasteiger partial charge in [-0.1, -0.05) is 60.1 Å². The van der Waals surface area contributed by atoms with Crippen molar-refractivity contribution in [2.75, 3.05) is 5.32 Å². The van der Waals surface area contributed by atoms with E-state index in [1.165, 1.54) is 0 Å². The van der Waals surface area contributed by atoms with E-state index < -0.39 is 5.91 Å². The zero-order chi connectivity index (χ0) is 21.1. The first kappa shape index (κ1) is 19.6. The summed E-state index contributed by atoms with van der Waals surface area (Å²) in [6, 6.07) is 23.4. The summed E-state index contributed by atoms with van der Waals surface area (Å²) in [7, 11) is 0. The molecule has 0 aliphatic heterocycles. The number of carbonyl (C=O) groups is 1. The molecule has 0 atom stereocenters. The first-order chi connectivity index (χ1) is 14.5. The molecule has 0 saturated heterocycles. The van der Waals surface area contributed by atoms with Gasteiger partial charge in [0, 0.05) is 16.1 Å². The van der Waals surface area contributed by atoms with Crippen LogP contribution in [0.5, 0.6) is 5.75 Å². The number of nitrogens with zero attached hydrogens (tertiary/aromatic N) is 2. The number of halogens is 1. The maximum atomic E-state index is 12.8. The molecule has 0 fully saturated rings. The van der Waals surface area contributed by atoms with E-state index in [2.05, 4.69) is 15.5 Å². The Morgan fingerprint density at radius 2 is 1.67 bits per heavy atom. The maximum Gasteiger partial charge on any atom is 0.259 e. The molecule has 0 heterocycles. The number of aromatic hydroxyl groups is 1. The van der Waals surface area contributed by atoms with Crippen LogP contribution >= 0.6 is 11.6 Å². The fourth-order valence-corrected chi connectivity index (χ4v) is 3.24. The predicted molar refractivity (Wildman–Crippen MR) is 120 cm³/mol. The Kier molecular flexibility index (Phi) is 5.46. The number of carbonyl (C=O) groups excluding carboxylic acids is 1. The molecule has 4 rings (SSSR count). The second kappa shape index (κ2) is 8.35. The van der Waals surface area contributed by atoms with Crippen molar-refractivity contribution >= 4 is 45.3 Å². The summed E-state index contributed by atoms with van der Waals surface area (Å²) in [6.45, 7) is 1.90. The van der Waals surface area contributed by atoms with E-state index in [9.17, 15) is 9.90 Å². The number of rotatable bonds is 4. The third-order valence-corrected chi connectivity index (χ3v) is 5.10. The zero-order valence-corrected chi connectivity index (χ0v) is 16.9. The molecule has 5 nitrogen and oxygen atoms in total. The van der Waals surface area contributed by atoms with Crippen LogP contribution in [-0.4, -0.2) is 11.0 Å². The average molecular weight is 416 g/mol. The number of phenolic OH excluding ortho intramolecular Hbond substituents is 1. The lowest BCUT2D eigenvalue weighted by molar-refractivity contribution is 0.102. The molecule has 148 valence electrons. The van der Waals surface area contributed by atoms with Crippen molar-refractivity contribution in [1.29, 1.82) is 0 Å². The average Bonchev–Trinajstić information content (AvgIpc) is 2.75. The van der Waals surface area contributed by atoms with Crippen LogP contribution in [-0.2, 0) is 0 Å². The standard InChI is InChI=1S/C24H18ClN3O2/c1-15-11-12-18(14-21(15)25)27-28-22-19-10-6-5-7-16(19)13-20(23(22)29)24(30)26-17-8-3-2-4-9-17/h2-14,29H,1H3,(H,26,30)/b28-27+. The maximum absolute atomic E-state index is 12.8. The normalized spacial score (nSPS) is 11.1. The largest absolute Gasteiger partial charge is 0.505 e. The van der Waals surface area contributed by atoms with E-state index in [4.69, 9.17) is 11.6 Å². The summed E-state index contributed by atoms with van der Waals surface area (Å²) in [5.41, 5.74) is 2.46. The lowest BCUT2D eigenvalue weighted by Crippen LogP contribution is -2.12. The molecule has 0 aliphatic carbocycles. The highest BCUT2D eigenvalue weighted by atomic mass is 35.5. The highest BCUT2D eigenvalue weighted by Gasteiger charge is 2.18. The van der Waals surface area contributed by atoms with Gasteiger partial charge in [-0.2, -0.15) is 5.11 Å². The van der Waals surface area contributed by atoms with Gasteiger partial charge in [0.15, 0.2) is 5.75 Å². The van der Waals surface area contributed by atoms with Gasteiger partial charge in [0.05, 0.1) is 11.3 Å². The summed E-state index contributed by atoms with van der Waals surface area (Å²) in [4.78, 5) is 12.8. The van der Waals surface area contributed by atoms with Crippen molar-refractivity contribution in [3.8, 4) is 5.75 Å². The molecule has 0 bridgehead atoms. The molecule has 4 aromatic carbocycles. The third kappa shape index (κ3) is 4.02. The van der Waals surface area contributed by atoms with Crippen LogP contribution in [0.25, 0.3) is 10.8 Å². The topological polar surface area (TPSA) is 74.0 Å². The number of para-hydroxylation sites is 1. The molecule has 0 aliphatic rings. The number of azo groups is 1. The van der Waals surface area contributed by atoms with Crippen molar-refractivity contribution in [1.82, 2.24) is 0 Å². The van der Waals surface area contributed by atoms with Gasteiger partial charge in [0.1, 0.15) is 5.69 Å². The quantitative estimate of drug-likeness (QED) is 0.346. The van der Waals surface area contributed by atoms with E-state index in [1.807, 2.05) is 55.5 Å². The number of fused-ring (bicyclic) bond motifs is 1. The predicted octanol–water partition coefficient (Wildman–Crippen LogP) is 7.17. The van der Waals surface area contributed by atoms with Crippen LogP contribution in [0, 0.1) is 6.92 Å². The SMILES string of the molecule is Cc1ccc(/N=N/c2c(O)c(C(=O)Nc3ccccc3)cc3ccccc23)cc1Cl. The Morgan fingerprint density at radius 1 is 0.933 bits per heavy atom. The van der Waals surface area contributed by atoms with Gasteiger partial charge < -0.3 is 10.4 Å². The van der Waals surface area contributed by atoms with Crippen LogP contribution in [0.2, 0.25) is 5.02 Å². The lowest BCUT2D eigenvalue weighted by atomic mass is 10.0. The van der Waals surface area contributed by atoms with Gasteiger partial charge in [0.2, 0.25) is 0 Å². The van der Waals surface area contributed by atoms with Crippen molar-refractivity contribution in [3.05, 3.63) is 95.0 Å². The van der Waals surface area contributed by atoms with Crippen LogP contribution in [0.3, 0.4) is 0 Å². The van der Waals surface area contributed by atoms with Gasteiger partial charge in [-0.05, 0) is 48.2 Å². The molecule has 0 radical (unpaired) electrons. The lowest BCUT2D eigenvalue weighted by Gasteiger charge is -2.11. The van der Waals surface area contributed by atoms with Gasteiger partial charge in [0.25, 0.3) is 5.91 Å². The number of hydrogen-bond acceptors (Lipinski definition) is 4. The van der Waals surface area contributed by atoms with Gasteiger partial charge in [-0.15, -0.1) is 5.11 Å². The van der Waals surface area contributed by atoms with E-state index >= 15 is 0 Å². The molecule has 0 spiro atoms. The molecular formula is C24H18ClN3O2. The van der Waals surface area contributed by atoms with Crippen molar-refractivity contribution < 1.29 is 9.90 Å². The van der Waals surface area contributed by atoms with E-state index in [0.29, 0.717) is 21.8 Å². The van der Waals surface area contributed by atoms with Gasteiger partial charge in [-0.25, -0.2) is 0 Å². The van der Waals surface area contributed by atoms with Crippen molar-refractivity contribution in [2.45, 2.75) is 6.92 Å². The number of amides is 1. The van der Waals surface area contributed by atoms with Crippen LogP contribution in [0.15, 0.2) is 89.1 Å². The molecular weight excluding hydrogens is 398 g/mol. The Labute approximate surface area is 178 Å². The molecule has 0 aromatic heterocycles. The zero-order valence-electron chi connectivity index (χ0n) is 16.1. The van der Waals surface area contributed by atoms with E-state index in [-0.39, 0.29) is 17.0 Å². The fraction of sp³-hybridized carbons (Fsp3) is 0.0417. The molecule has 30 heavy (non-hydrogen) atoms. The summed E-state index contributed by atoms with van der Waals surface area (Å²) >= 11 is 6.16. The minimum Gasteiger partial charge on any atom is -0.505 e. The van der Waals surface area contributed by atoms with Crippen molar-refractivity contribution in [2.24, 2.45) is 10.2 Å². The molecule has 4 aromatic rings. The fourth-order valence-electron chi connectivity index (χ4n) is 3.06. The molecule has 1 amide bonds. The van der Waals surface area contributed by atoms with E-state index in [0.717, 1.165) is 10.9 Å². The summed E-state index contributed by atoms with van der Waals surface area (Å²) in [5.74, 6) is -0.664. The molecule has 0 unspecified atom stereocenters. The Balaban J connectivity index is 1.78. The van der Waals surface area contributed by atoms with Crippen LogP contribution in [0.4, 0.5) is 17.1 Å². The number of nitrogens with one attached hydrogen (secondary N) is 1. The smallest absolute Gasteiger partial charge is 0.259 e. The number of anilines is 1. The van der Waals surface area contributed by atoms with E-state index in [1.54, 1.807) is 30.3 Å². The Bertz CT molecular complexity index is 1270. The van der Waals surface area contributed by atoms with Gasteiger partial charge in [-0.3, -0.25) is 4.79 Å². The number of aryl methyl sites for hydroxylation is 1. The van der Waals surface area contributed by atoms with Crippen molar-refractivity contribution in [3.63, 3.8) is 0 Å². The Hall–Kier alpha value is -3.70. The van der Waals surface area contributed by atoms with Crippen LogP contribution < -0.4 is 5.32 Å². The second-order valence-corrected chi connectivity index (χ2v) is 7.20. The van der Waals surface area contributed by atoms with Gasteiger partial charge >= 0.3 is 0 Å². The summed E-state index contributed by atoms with van der Waals surface area (Å²) in [5, 5.41) is 24.2. The first-order valence-corrected chi connectivity index (χ1v) is 9.70. The summed E-state index contributed by atoms with van der Waals surface area (Å²) < 4.78 is 0.